The molecule has 0 aliphatic rings. The molecule has 3 nitrogen and oxygen atoms in total. The van der Waals surface area contributed by atoms with Crippen molar-refractivity contribution in [2.24, 2.45) is 0 Å². The molecule has 0 fully saturated rings. The summed E-state index contributed by atoms with van der Waals surface area (Å²) in [6, 6.07) is 13.5. The Morgan fingerprint density at radius 3 is 2.53 bits per heavy atom. The Bertz CT molecular complexity index is 553. The normalized spacial score (nSPS) is 9.89. The minimum atomic E-state index is 0.500. The van der Waals surface area contributed by atoms with Gasteiger partial charge in [0.2, 0.25) is 5.88 Å². The third-order valence-corrected chi connectivity index (χ3v) is 2.83. The lowest BCUT2D eigenvalue weighted by Crippen LogP contribution is -1.89. The summed E-state index contributed by atoms with van der Waals surface area (Å²) in [5, 5.41) is 8.69. The first-order valence-electron chi connectivity index (χ1n) is 6.45. The van der Waals surface area contributed by atoms with E-state index in [9.17, 15) is 0 Å². The molecule has 0 spiro atoms. The van der Waals surface area contributed by atoms with Gasteiger partial charge in [-0.2, -0.15) is 5.26 Å². The summed E-state index contributed by atoms with van der Waals surface area (Å²) >= 11 is 0. The Morgan fingerprint density at radius 2 is 1.95 bits per heavy atom. The van der Waals surface area contributed by atoms with Crippen LogP contribution in [-0.4, -0.2) is 4.98 Å². The van der Waals surface area contributed by atoms with Gasteiger partial charge in [0.1, 0.15) is 11.8 Å². The Morgan fingerprint density at radius 1 is 1.16 bits per heavy atom. The standard InChI is InChI=1S/C16H16N2O/c1-2-3-4-13-5-8-15(9-6-13)19-16-10-7-14(11-17)12-18-16/h5-10,12H,2-4H2,1H3. The van der Waals surface area contributed by atoms with Crippen LogP contribution in [0.2, 0.25) is 0 Å². The van der Waals surface area contributed by atoms with Gasteiger partial charge >= 0.3 is 0 Å². The van der Waals surface area contributed by atoms with Crippen LogP contribution < -0.4 is 4.74 Å². The monoisotopic (exact) mass is 252 g/mol. The van der Waals surface area contributed by atoms with Crippen molar-refractivity contribution in [1.82, 2.24) is 4.98 Å². The van der Waals surface area contributed by atoms with E-state index in [-0.39, 0.29) is 0 Å². The Kier molecular flexibility index (Phi) is 4.52. The van der Waals surface area contributed by atoms with Gasteiger partial charge < -0.3 is 4.74 Å². The fourth-order valence-electron chi connectivity index (χ4n) is 1.73. The number of aromatic nitrogens is 1. The number of benzene rings is 1. The second kappa shape index (κ2) is 6.55. The average Bonchev–Trinajstić information content (AvgIpc) is 2.47. The zero-order chi connectivity index (χ0) is 13.5. The van der Waals surface area contributed by atoms with E-state index in [1.54, 1.807) is 12.1 Å². The number of hydrogen-bond donors (Lipinski definition) is 0. The smallest absolute Gasteiger partial charge is 0.219 e. The molecule has 0 atom stereocenters. The first-order chi connectivity index (χ1) is 9.31. The van der Waals surface area contributed by atoms with Crippen LogP contribution in [0.15, 0.2) is 42.6 Å². The molecule has 0 saturated heterocycles. The van der Waals surface area contributed by atoms with E-state index in [0.29, 0.717) is 11.4 Å². The van der Waals surface area contributed by atoms with Gasteiger partial charge in [0.25, 0.3) is 0 Å². The summed E-state index contributed by atoms with van der Waals surface area (Å²) in [7, 11) is 0. The zero-order valence-electron chi connectivity index (χ0n) is 11.0. The van der Waals surface area contributed by atoms with E-state index < -0.39 is 0 Å². The number of ether oxygens (including phenoxy) is 1. The highest BCUT2D eigenvalue weighted by atomic mass is 16.5. The third kappa shape index (κ3) is 3.82. The van der Waals surface area contributed by atoms with Crippen LogP contribution in [0.25, 0.3) is 0 Å². The minimum Gasteiger partial charge on any atom is -0.439 e. The molecule has 0 aliphatic heterocycles. The maximum absolute atomic E-state index is 8.69. The summed E-state index contributed by atoms with van der Waals surface area (Å²) in [4.78, 5) is 4.07. The Balaban J connectivity index is 2.00. The maximum atomic E-state index is 8.69. The lowest BCUT2D eigenvalue weighted by atomic mass is 10.1. The van der Waals surface area contributed by atoms with Crippen molar-refractivity contribution < 1.29 is 4.74 Å². The SMILES string of the molecule is CCCCc1ccc(Oc2ccc(C#N)cn2)cc1. The highest BCUT2D eigenvalue weighted by Gasteiger charge is 1.99. The van der Waals surface area contributed by atoms with Crippen molar-refractivity contribution in [2.45, 2.75) is 26.2 Å². The van der Waals surface area contributed by atoms with E-state index >= 15 is 0 Å². The van der Waals surface area contributed by atoms with Crippen LogP contribution in [0, 0.1) is 11.3 Å². The summed E-state index contributed by atoms with van der Waals surface area (Å²) in [5.74, 6) is 1.26. The fraction of sp³-hybridized carbons (Fsp3) is 0.250. The summed E-state index contributed by atoms with van der Waals surface area (Å²) in [6.45, 7) is 2.19. The van der Waals surface area contributed by atoms with Crippen molar-refractivity contribution in [2.75, 3.05) is 0 Å². The van der Waals surface area contributed by atoms with E-state index in [4.69, 9.17) is 10.00 Å². The van der Waals surface area contributed by atoms with Crippen LogP contribution in [0.3, 0.4) is 0 Å². The van der Waals surface area contributed by atoms with Crippen LogP contribution in [0.4, 0.5) is 0 Å². The molecule has 2 aromatic rings. The van der Waals surface area contributed by atoms with Crippen LogP contribution in [0.1, 0.15) is 30.9 Å². The topological polar surface area (TPSA) is 45.9 Å². The Hall–Kier alpha value is -2.34. The third-order valence-electron chi connectivity index (χ3n) is 2.83. The lowest BCUT2D eigenvalue weighted by Gasteiger charge is -2.05. The number of nitriles is 1. The molecule has 3 heteroatoms. The molecule has 19 heavy (non-hydrogen) atoms. The second-order valence-electron chi connectivity index (χ2n) is 4.35. The van der Waals surface area contributed by atoms with Crippen molar-refractivity contribution in [3.63, 3.8) is 0 Å². The molecule has 96 valence electrons. The molecular formula is C16H16N2O. The number of unbranched alkanes of at least 4 members (excludes halogenated alkanes) is 1. The maximum Gasteiger partial charge on any atom is 0.219 e. The number of hydrogen-bond acceptors (Lipinski definition) is 3. The van der Waals surface area contributed by atoms with E-state index in [0.717, 1.165) is 12.2 Å². The minimum absolute atomic E-state index is 0.500. The Labute approximate surface area is 113 Å². The predicted molar refractivity (Wildman–Crippen MR) is 74.1 cm³/mol. The van der Waals surface area contributed by atoms with Gasteiger partial charge in [-0.25, -0.2) is 4.98 Å². The van der Waals surface area contributed by atoms with Crippen molar-refractivity contribution in [1.29, 1.82) is 5.26 Å². The molecule has 0 saturated carbocycles. The highest BCUT2D eigenvalue weighted by molar-refractivity contribution is 5.33. The van der Waals surface area contributed by atoms with Crippen LogP contribution in [0.5, 0.6) is 11.6 Å². The quantitative estimate of drug-likeness (QED) is 0.805. The first-order valence-corrected chi connectivity index (χ1v) is 6.45. The van der Waals surface area contributed by atoms with Crippen molar-refractivity contribution >= 4 is 0 Å². The zero-order valence-corrected chi connectivity index (χ0v) is 11.0. The van der Waals surface area contributed by atoms with Crippen LogP contribution >= 0.6 is 0 Å². The lowest BCUT2D eigenvalue weighted by molar-refractivity contribution is 0.462. The molecule has 0 unspecified atom stereocenters. The van der Waals surface area contributed by atoms with Crippen molar-refractivity contribution in [3.05, 3.63) is 53.7 Å². The number of nitrogens with zero attached hydrogens (tertiary/aromatic N) is 2. The van der Waals surface area contributed by atoms with Gasteiger partial charge in [-0.15, -0.1) is 0 Å². The molecular weight excluding hydrogens is 236 g/mol. The van der Waals surface area contributed by atoms with Gasteiger partial charge in [0.15, 0.2) is 0 Å². The summed E-state index contributed by atoms with van der Waals surface area (Å²) in [5.41, 5.74) is 1.85. The van der Waals surface area contributed by atoms with Crippen LogP contribution in [-0.2, 0) is 6.42 Å². The molecule has 0 amide bonds. The predicted octanol–water partition coefficient (Wildman–Crippen LogP) is 4.09. The molecule has 1 aromatic heterocycles. The molecule has 0 aliphatic carbocycles. The molecule has 1 aromatic carbocycles. The fourth-order valence-corrected chi connectivity index (χ4v) is 1.73. The van der Waals surface area contributed by atoms with Gasteiger partial charge in [-0.05, 0) is 36.6 Å². The largest absolute Gasteiger partial charge is 0.439 e. The molecule has 2 rings (SSSR count). The molecule has 0 bridgehead atoms. The summed E-state index contributed by atoms with van der Waals surface area (Å²) in [6.07, 6.45) is 5.02. The van der Waals surface area contributed by atoms with Crippen molar-refractivity contribution in [3.8, 4) is 17.7 Å². The van der Waals surface area contributed by atoms with E-state index in [1.807, 2.05) is 18.2 Å². The van der Waals surface area contributed by atoms with Gasteiger partial charge in [0.05, 0.1) is 5.56 Å². The van der Waals surface area contributed by atoms with Gasteiger partial charge in [0, 0.05) is 12.3 Å². The average molecular weight is 252 g/mol. The van der Waals surface area contributed by atoms with Gasteiger partial charge in [-0.3, -0.25) is 0 Å². The highest BCUT2D eigenvalue weighted by Crippen LogP contribution is 2.20. The number of pyridine rings is 1. The molecule has 1 heterocycles. The molecule has 0 N–H and O–H groups in total. The first kappa shape index (κ1) is 13.1. The van der Waals surface area contributed by atoms with E-state index in [2.05, 4.69) is 24.0 Å². The number of rotatable bonds is 5. The second-order valence-corrected chi connectivity index (χ2v) is 4.35. The summed E-state index contributed by atoms with van der Waals surface area (Å²) < 4.78 is 5.62. The van der Waals surface area contributed by atoms with Gasteiger partial charge in [-0.1, -0.05) is 25.5 Å². The molecule has 0 radical (unpaired) electrons. The number of aryl methyl sites for hydroxylation is 1. The van der Waals surface area contributed by atoms with E-state index in [1.165, 1.54) is 24.6 Å².